The molecule has 0 saturated heterocycles. The molecule has 1 rings (SSSR count). The normalized spacial score (nSPS) is 9.57. The first-order valence-electron chi connectivity index (χ1n) is 4.05. The molecule has 0 unspecified atom stereocenters. The van der Waals surface area contributed by atoms with E-state index in [0.29, 0.717) is 0 Å². The first kappa shape index (κ1) is 10.5. The average molecular weight is 199 g/mol. The lowest BCUT2D eigenvalue weighted by atomic mass is 10.3. The molecule has 76 valence electrons. The van der Waals surface area contributed by atoms with Crippen LogP contribution in [-0.2, 0) is 0 Å². The Balaban J connectivity index is 2.52. The van der Waals surface area contributed by atoms with Gasteiger partial charge in [0.25, 0.3) is 0 Å². The molecule has 1 aromatic carbocycles. The second-order valence-electron chi connectivity index (χ2n) is 2.47. The average Bonchev–Trinajstić information content (AvgIpc) is 2.18. The van der Waals surface area contributed by atoms with E-state index in [1.54, 1.807) is 6.07 Å². The van der Waals surface area contributed by atoms with E-state index in [4.69, 9.17) is 5.11 Å². The molecule has 5 heteroatoms. The van der Waals surface area contributed by atoms with Crippen LogP contribution in [0.15, 0.2) is 24.3 Å². The van der Waals surface area contributed by atoms with Crippen molar-refractivity contribution in [2.24, 2.45) is 0 Å². The molecule has 0 spiro atoms. The molecule has 2 N–H and O–H groups in total. The maximum atomic E-state index is 12.9. The standard InChI is InChI=1S/C9H10FNO3/c10-7-3-1-2-4-8(7)14-9(13)11-5-6-12/h1-4,12H,5-6H2,(H,11,13). The quantitative estimate of drug-likeness (QED) is 0.760. The van der Waals surface area contributed by atoms with Gasteiger partial charge in [0.2, 0.25) is 0 Å². The van der Waals surface area contributed by atoms with Crippen molar-refractivity contribution in [3.63, 3.8) is 0 Å². The first-order chi connectivity index (χ1) is 6.74. The maximum absolute atomic E-state index is 12.9. The number of hydrogen-bond donors (Lipinski definition) is 2. The monoisotopic (exact) mass is 199 g/mol. The van der Waals surface area contributed by atoms with Gasteiger partial charge in [0, 0.05) is 6.54 Å². The summed E-state index contributed by atoms with van der Waals surface area (Å²) in [6, 6.07) is 5.58. The molecule has 1 amide bonds. The number of rotatable bonds is 3. The third-order valence-electron chi connectivity index (χ3n) is 1.42. The Morgan fingerprint density at radius 1 is 1.50 bits per heavy atom. The van der Waals surface area contributed by atoms with Crippen molar-refractivity contribution in [2.75, 3.05) is 13.2 Å². The van der Waals surface area contributed by atoms with Crippen LogP contribution in [0.3, 0.4) is 0 Å². The van der Waals surface area contributed by atoms with Gasteiger partial charge in [0.15, 0.2) is 11.6 Å². The number of halogens is 1. The molecule has 0 aliphatic rings. The summed E-state index contributed by atoms with van der Waals surface area (Å²) < 4.78 is 17.5. The number of carbonyl (C=O) groups is 1. The molecular formula is C9H10FNO3. The van der Waals surface area contributed by atoms with Crippen LogP contribution >= 0.6 is 0 Å². The van der Waals surface area contributed by atoms with Crippen LogP contribution in [0.2, 0.25) is 0 Å². The van der Waals surface area contributed by atoms with Gasteiger partial charge in [0.05, 0.1) is 6.61 Å². The molecule has 0 aromatic heterocycles. The van der Waals surface area contributed by atoms with Gasteiger partial charge < -0.3 is 15.2 Å². The summed E-state index contributed by atoms with van der Waals surface area (Å²) in [5, 5.41) is 10.6. The second-order valence-corrected chi connectivity index (χ2v) is 2.47. The van der Waals surface area contributed by atoms with Crippen molar-refractivity contribution >= 4 is 6.09 Å². The van der Waals surface area contributed by atoms with Crippen molar-refractivity contribution < 1.29 is 19.0 Å². The Morgan fingerprint density at radius 2 is 2.21 bits per heavy atom. The number of aliphatic hydroxyl groups is 1. The molecule has 0 radical (unpaired) electrons. The lowest BCUT2D eigenvalue weighted by Crippen LogP contribution is -2.29. The van der Waals surface area contributed by atoms with Gasteiger partial charge in [-0.15, -0.1) is 0 Å². The van der Waals surface area contributed by atoms with Crippen LogP contribution < -0.4 is 10.1 Å². The minimum absolute atomic E-state index is 0.0767. The molecule has 14 heavy (non-hydrogen) atoms. The Kier molecular flexibility index (Phi) is 3.87. The minimum Gasteiger partial charge on any atom is -0.407 e. The van der Waals surface area contributed by atoms with Crippen molar-refractivity contribution in [2.45, 2.75) is 0 Å². The summed E-state index contributed by atoms with van der Waals surface area (Å²) in [5.41, 5.74) is 0. The van der Waals surface area contributed by atoms with Crippen LogP contribution in [0, 0.1) is 5.82 Å². The van der Waals surface area contributed by atoms with Crippen LogP contribution in [0.5, 0.6) is 5.75 Å². The van der Waals surface area contributed by atoms with Gasteiger partial charge in [-0.3, -0.25) is 0 Å². The van der Waals surface area contributed by atoms with Gasteiger partial charge in [-0.2, -0.15) is 0 Å². The lowest BCUT2D eigenvalue weighted by Gasteiger charge is -2.05. The highest BCUT2D eigenvalue weighted by atomic mass is 19.1. The van der Waals surface area contributed by atoms with E-state index in [1.807, 2.05) is 0 Å². The maximum Gasteiger partial charge on any atom is 0.412 e. The summed E-state index contributed by atoms with van der Waals surface area (Å²) in [6.07, 6.45) is -0.788. The van der Waals surface area contributed by atoms with Crippen molar-refractivity contribution in [1.29, 1.82) is 0 Å². The Labute approximate surface area is 80.3 Å². The van der Waals surface area contributed by atoms with Gasteiger partial charge >= 0.3 is 6.09 Å². The predicted molar refractivity (Wildman–Crippen MR) is 47.5 cm³/mol. The minimum atomic E-state index is -0.788. The van der Waals surface area contributed by atoms with Gasteiger partial charge in [-0.05, 0) is 12.1 Å². The zero-order chi connectivity index (χ0) is 10.4. The molecule has 0 fully saturated rings. The lowest BCUT2D eigenvalue weighted by molar-refractivity contribution is 0.193. The zero-order valence-corrected chi connectivity index (χ0v) is 7.37. The fraction of sp³-hybridized carbons (Fsp3) is 0.222. The van der Waals surface area contributed by atoms with Crippen LogP contribution in [0.1, 0.15) is 0 Å². The molecule has 1 aromatic rings. The number of aliphatic hydroxyl groups excluding tert-OH is 1. The molecule has 0 aliphatic carbocycles. The van der Waals surface area contributed by atoms with E-state index in [2.05, 4.69) is 10.1 Å². The smallest absolute Gasteiger partial charge is 0.407 e. The van der Waals surface area contributed by atoms with Crippen LogP contribution in [0.25, 0.3) is 0 Å². The van der Waals surface area contributed by atoms with Crippen molar-refractivity contribution in [3.8, 4) is 5.75 Å². The predicted octanol–water partition coefficient (Wildman–Crippen LogP) is 0.906. The summed E-state index contributed by atoms with van der Waals surface area (Å²) >= 11 is 0. The highest BCUT2D eigenvalue weighted by Crippen LogP contribution is 2.14. The number of para-hydroxylation sites is 1. The number of amides is 1. The summed E-state index contributed by atoms with van der Waals surface area (Å²) in [5.74, 6) is -0.741. The number of hydrogen-bond acceptors (Lipinski definition) is 3. The van der Waals surface area contributed by atoms with E-state index in [0.717, 1.165) is 0 Å². The molecule has 0 bridgehead atoms. The Morgan fingerprint density at radius 3 is 2.86 bits per heavy atom. The zero-order valence-electron chi connectivity index (χ0n) is 7.37. The number of carbonyl (C=O) groups excluding carboxylic acids is 1. The van der Waals surface area contributed by atoms with E-state index in [1.165, 1.54) is 18.2 Å². The third kappa shape index (κ3) is 3.02. The summed E-state index contributed by atoms with van der Waals surface area (Å²) in [7, 11) is 0. The molecular weight excluding hydrogens is 189 g/mol. The Bertz CT molecular complexity index is 317. The number of benzene rings is 1. The van der Waals surface area contributed by atoms with Crippen LogP contribution in [0.4, 0.5) is 9.18 Å². The fourth-order valence-corrected chi connectivity index (χ4v) is 0.821. The first-order valence-corrected chi connectivity index (χ1v) is 4.05. The largest absolute Gasteiger partial charge is 0.412 e. The topological polar surface area (TPSA) is 58.6 Å². The highest BCUT2D eigenvalue weighted by molar-refractivity contribution is 5.70. The van der Waals surface area contributed by atoms with E-state index in [-0.39, 0.29) is 18.9 Å². The van der Waals surface area contributed by atoms with Gasteiger partial charge in [0.1, 0.15) is 0 Å². The Hall–Kier alpha value is -1.62. The molecule has 0 saturated carbocycles. The second kappa shape index (κ2) is 5.18. The van der Waals surface area contributed by atoms with Gasteiger partial charge in [-0.25, -0.2) is 9.18 Å². The molecule has 0 aliphatic heterocycles. The number of ether oxygens (including phenoxy) is 1. The summed E-state index contributed by atoms with van der Waals surface area (Å²) in [6.45, 7) is -0.111. The number of nitrogens with one attached hydrogen (secondary N) is 1. The summed E-state index contributed by atoms with van der Waals surface area (Å²) in [4.78, 5) is 10.9. The third-order valence-corrected chi connectivity index (χ3v) is 1.42. The SMILES string of the molecule is O=C(NCCO)Oc1ccccc1F. The fourth-order valence-electron chi connectivity index (χ4n) is 0.821. The van der Waals surface area contributed by atoms with Crippen molar-refractivity contribution in [3.05, 3.63) is 30.1 Å². The highest BCUT2D eigenvalue weighted by Gasteiger charge is 2.06. The van der Waals surface area contributed by atoms with Gasteiger partial charge in [-0.1, -0.05) is 12.1 Å². The van der Waals surface area contributed by atoms with E-state index < -0.39 is 11.9 Å². The van der Waals surface area contributed by atoms with Crippen LogP contribution in [-0.4, -0.2) is 24.4 Å². The molecule has 0 atom stereocenters. The van der Waals surface area contributed by atoms with E-state index in [9.17, 15) is 9.18 Å². The molecule has 0 heterocycles. The van der Waals surface area contributed by atoms with Crippen molar-refractivity contribution in [1.82, 2.24) is 5.32 Å². The van der Waals surface area contributed by atoms with E-state index >= 15 is 0 Å². The molecule has 4 nitrogen and oxygen atoms in total.